The second-order valence-electron chi connectivity index (χ2n) is 3.16. The monoisotopic (exact) mass is 281 g/mol. The quantitative estimate of drug-likeness (QED) is 0.284. The molecule has 2 amide bonds. The summed E-state index contributed by atoms with van der Waals surface area (Å²) in [6, 6.07) is -1.70. The second kappa shape index (κ2) is 8.20. The lowest BCUT2D eigenvalue weighted by molar-refractivity contribution is -0.136. The third-order valence-electron chi connectivity index (χ3n) is 1.84. The van der Waals surface area contributed by atoms with Crippen LogP contribution >= 0.6 is 25.3 Å². The number of hydrogen-bond acceptors (Lipinski definition) is 6. The fourth-order valence-corrected chi connectivity index (χ4v) is 1.50. The van der Waals surface area contributed by atoms with Crippen LogP contribution in [-0.2, 0) is 14.4 Å². The average Bonchev–Trinajstić information content (AvgIpc) is 2.25. The van der Waals surface area contributed by atoms with Crippen molar-refractivity contribution in [3.8, 4) is 0 Å². The van der Waals surface area contributed by atoms with Crippen molar-refractivity contribution >= 4 is 43.0 Å². The molecule has 2 unspecified atom stereocenters. The van der Waals surface area contributed by atoms with E-state index in [1.54, 1.807) is 0 Å². The summed E-state index contributed by atoms with van der Waals surface area (Å²) in [5.41, 5.74) is 5.02. The van der Waals surface area contributed by atoms with E-state index in [4.69, 9.17) is 10.8 Å². The average molecular weight is 281 g/mol. The highest BCUT2D eigenvalue weighted by Gasteiger charge is 2.22. The summed E-state index contributed by atoms with van der Waals surface area (Å²) in [6.07, 6.45) is 0. The molecule has 0 aromatic rings. The van der Waals surface area contributed by atoms with E-state index in [0.717, 1.165) is 0 Å². The fraction of sp³-hybridized carbons (Fsp3) is 0.625. The Labute approximate surface area is 109 Å². The Hall–Kier alpha value is -0.930. The third-order valence-corrected chi connectivity index (χ3v) is 2.57. The number of nitrogens with two attached hydrogens (primary N) is 1. The van der Waals surface area contributed by atoms with Gasteiger partial charge in [0.2, 0.25) is 11.8 Å². The molecule has 0 saturated carbocycles. The minimum atomic E-state index is -1.09. The van der Waals surface area contributed by atoms with Gasteiger partial charge in [0.25, 0.3) is 0 Å². The maximum Gasteiger partial charge on any atom is 0.317 e. The van der Waals surface area contributed by atoms with Gasteiger partial charge in [-0.05, 0) is 0 Å². The molecule has 0 heterocycles. The van der Waals surface area contributed by atoms with Gasteiger partial charge >= 0.3 is 5.97 Å². The Bertz CT molecular complexity index is 300. The van der Waals surface area contributed by atoms with Gasteiger partial charge in [-0.1, -0.05) is 0 Å². The lowest BCUT2D eigenvalue weighted by Crippen LogP contribution is -2.53. The van der Waals surface area contributed by atoms with E-state index in [9.17, 15) is 14.4 Å². The van der Waals surface area contributed by atoms with Crippen LogP contribution in [0.1, 0.15) is 0 Å². The molecule has 0 fully saturated rings. The Kier molecular flexibility index (Phi) is 7.75. The van der Waals surface area contributed by atoms with E-state index in [0.29, 0.717) is 0 Å². The second-order valence-corrected chi connectivity index (χ2v) is 3.89. The normalized spacial score (nSPS) is 13.8. The zero-order chi connectivity index (χ0) is 13.4. The molecule has 98 valence electrons. The number of primary amides is 1. The van der Waals surface area contributed by atoms with Crippen molar-refractivity contribution in [3.05, 3.63) is 0 Å². The number of rotatable bonds is 8. The largest absolute Gasteiger partial charge is 0.480 e. The van der Waals surface area contributed by atoms with Gasteiger partial charge in [-0.25, -0.2) is 0 Å². The zero-order valence-corrected chi connectivity index (χ0v) is 10.7. The van der Waals surface area contributed by atoms with Crippen LogP contribution in [-0.4, -0.2) is 53.0 Å². The first-order valence-electron chi connectivity index (χ1n) is 4.69. The molecule has 0 aromatic carbocycles. The first-order chi connectivity index (χ1) is 7.92. The van der Waals surface area contributed by atoms with Gasteiger partial charge in [-0.3, -0.25) is 19.7 Å². The highest BCUT2D eigenvalue weighted by molar-refractivity contribution is 7.80. The van der Waals surface area contributed by atoms with Crippen LogP contribution in [0.15, 0.2) is 0 Å². The van der Waals surface area contributed by atoms with E-state index in [-0.39, 0.29) is 18.1 Å². The van der Waals surface area contributed by atoms with Crippen LogP contribution in [0, 0.1) is 0 Å². The molecular weight excluding hydrogens is 266 g/mol. The van der Waals surface area contributed by atoms with E-state index in [1.807, 2.05) is 0 Å². The van der Waals surface area contributed by atoms with Crippen molar-refractivity contribution in [1.29, 1.82) is 0 Å². The van der Waals surface area contributed by atoms with Crippen LogP contribution in [0.25, 0.3) is 0 Å². The number of thiol groups is 2. The Morgan fingerprint density at radius 1 is 1.18 bits per heavy atom. The Morgan fingerprint density at radius 2 is 1.71 bits per heavy atom. The Balaban J connectivity index is 4.33. The van der Waals surface area contributed by atoms with E-state index in [2.05, 4.69) is 35.9 Å². The summed E-state index contributed by atoms with van der Waals surface area (Å²) >= 11 is 7.77. The van der Waals surface area contributed by atoms with Gasteiger partial charge in [0.05, 0.1) is 12.6 Å². The molecule has 0 aromatic heterocycles. The molecule has 0 saturated heterocycles. The summed E-state index contributed by atoms with van der Waals surface area (Å²) in [5, 5.41) is 13.3. The number of carboxylic acid groups (broad SMARTS) is 1. The van der Waals surface area contributed by atoms with Crippen molar-refractivity contribution in [3.63, 3.8) is 0 Å². The number of hydrogen-bond donors (Lipinski definition) is 6. The van der Waals surface area contributed by atoms with E-state index < -0.39 is 29.9 Å². The predicted molar refractivity (Wildman–Crippen MR) is 68.3 cm³/mol. The molecule has 0 aliphatic carbocycles. The van der Waals surface area contributed by atoms with Gasteiger partial charge in [0.1, 0.15) is 6.04 Å². The number of carboxylic acids is 1. The van der Waals surface area contributed by atoms with Crippen molar-refractivity contribution < 1.29 is 19.5 Å². The van der Waals surface area contributed by atoms with Crippen LogP contribution < -0.4 is 16.4 Å². The molecule has 0 spiro atoms. The highest BCUT2D eigenvalue weighted by atomic mass is 32.1. The van der Waals surface area contributed by atoms with Crippen LogP contribution in [0.5, 0.6) is 0 Å². The van der Waals surface area contributed by atoms with Crippen molar-refractivity contribution in [2.24, 2.45) is 5.73 Å². The number of nitrogens with one attached hydrogen (secondary N) is 2. The Morgan fingerprint density at radius 3 is 2.06 bits per heavy atom. The minimum Gasteiger partial charge on any atom is -0.480 e. The molecule has 17 heavy (non-hydrogen) atoms. The number of carbonyl (C=O) groups excluding carboxylic acids is 2. The van der Waals surface area contributed by atoms with Gasteiger partial charge in [-0.2, -0.15) is 25.3 Å². The van der Waals surface area contributed by atoms with Crippen molar-refractivity contribution in [2.45, 2.75) is 12.1 Å². The first kappa shape index (κ1) is 16.1. The molecule has 2 atom stereocenters. The lowest BCUT2D eigenvalue weighted by atomic mass is 10.2. The smallest absolute Gasteiger partial charge is 0.317 e. The van der Waals surface area contributed by atoms with Crippen molar-refractivity contribution in [2.75, 3.05) is 18.1 Å². The molecule has 7 nitrogen and oxygen atoms in total. The molecule has 0 aliphatic heterocycles. The maximum atomic E-state index is 11.6. The predicted octanol–water partition coefficient (Wildman–Crippen LogP) is -2.14. The fourth-order valence-electron chi connectivity index (χ4n) is 0.930. The molecule has 0 radical (unpaired) electrons. The number of carbonyl (C=O) groups is 3. The van der Waals surface area contributed by atoms with Crippen molar-refractivity contribution in [1.82, 2.24) is 10.6 Å². The molecule has 9 heteroatoms. The summed E-state index contributed by atoms with van der Waals surface area (Å²) in [5.74, 6) is -2.18. The number of aliphatic carboxylic acids is 1. The SMILES string of the molecule is NC(=O)C(CS)NC(=O)C(CS)NCC(=O)O. The summed E-state index contributed by atoms with van der Waals surface area (Å²) in [4.78, 5) is 32.8. The molecule has 0 bridgehead atoms. The molecule has 0 rings (SSSR count). The van der Waals surface area contributed by atoms with Gasteiger partial charge in [0.15, 0.2) is 0 Å². The topological polar surface area (TPSA) is 122 Å². The zero-order valence-electron chi connectivity index (χ0n) is 8.92. The summed E-state index contributed by atoms with van der Waals surface area (Å²) in [6.45, 7) is -0.374. The summed E-state index contributed by atoms with van der Waals surface area (Å²) < 4.78 is 0. The van der Waals surface area contributed by atoms with Crippen LogP contribution in [0.4, 0.5) is 0 Å². The lowest BCUT2D eigenvalue weighted by Gasteiger charge is -2.18. The van der Waals surface area contributed by atoms with Gasteiger partial charge in [0, 0.05) is 11.5 Å². The molecule has 0 aliphatic rings. The van der Waals surface area contributed by atoms with Gasteiger partial charge in [-0.15, -0.1) is 0 Å². The highest BCUT2D eigenvalue weighted by Crippen LogP contribution is 1.93. The van der Waals surface area contributed by atoms with Crippen LogP contribution in [0.3, 0.4) is 0 Å². The molecule has 5 N–H and O–H groups in total. The number of amides is 2. The summed E-state index contributed by atoms with van der Waals surface area (Å²) in [7, 11) is 0. The van der Waals surface area contributed by atoms with E-state index in [1.165, 1.54) is 0 Å². The van der Waals surface area contributed by atoms with Crippen LogP contribution in [0.2, 0.25) is 0 Å². The van der Waals surface area contributed by atoms with E-state index >= 15 is 0 Å². The maximum absolute atomic E-state index is 11.6. The standard InChI is InChI=1S/C8H15N3O4S2/c9-7(14)4(2-16)11-8(15)5(3-17)10-1-6(12)13/h4-5,10,16-17H,1-3H2,(H2,9,14)(H,11,15)(H,12,13). The molecular formula is C8H15N3O4S2. The minimum absolute atomic E-state index is 0.0687. The van der Waals surface area contributed by atoms with Gasteiger partial charge < -0.3 is 16.2 Å². The third kappa shape index (κ3) is 6.39. The first-order valence-corrected chi connectivity index (χ1v) is 5.95.